The van der Waals surface area contributed by atoms with E-state index < -0.39 is 0 Å². The van der Waals surface area contributed by atoms with Crippen LogP contribution in [-0.2, 0) is 13.1 Å². The summed E-state index contributed by atoms with van der Waals surface area (Å²) in [6.45, 7) is 7.83. The molecule has 0 aliphatic carbocycles. The normalized spacial score (nSPS) is 13.4. The van der Waals surface area contributed by atoms with Crippen LogP contribution < -0.4 is 10.1 Å². The van der Waals surface area contributed by atoms with Crippen molar-refractivity contribution < 1.29 is 9.53 Å². The Morgan fingerprint density at radius 3 is 3.04 bits per heavy atom. The minimum atomic E-state index is -0.0337. The van der Waals surface area contributed by atoms with Gasteiger partial charge in [-0.1, -0.05) is 12.1 Å². The Bertz CT molecular complexity index is 730. The second-order valence-electron chi connectivity index (χ2n) is 6.61. The van der Waals surface area contributed by atoms with Crippen molar-refractivity contribution in [1.82, 2.24) is 19.8 Å². The molecule has 0 fully saturated rings. The van der Waals surface area contributed by atoms with Gasteiger partial charge in [-0.25, -0.2) is 4.98 Å². The predicted octanol–water partition coefficient (Wildman–Crippen LogP) is 2.14. The molecule has 0 saturated heterocycles. The number of aromatic nitrogens is 2. The zero-order chi connectivity index (χ0) is 17.8. The summed E-state index contributed by atoms with van der Waals surface area (Å²) in [5.74, 6) is 1.82. The van der Waals surface area contributed by atoms with Crippen LogP contribution in [0.2, 0.25) is 0 Å². The SMILES string of the molecule is Cc1ccc(C)c(OCCCN(C)C(=O)c2cn3c(n2)CNCC3)c1. The first kappa shape index (κ1) is 17.5. The second kappa shape index (κ2) is 7.70. The van der Waals surface area contributed by atoms with Gasteiger partial charge in [-0.15, -0.1) is 0 Å². The van der Waals surface area contributed by atoms with Crippen LogP contribution >= 0.6 is 0 Å². The Kier molecular flexibility index (Phi) is 5.38. The van der Waals surface area contributed by atoms with Crippen molar-refractivity contribution in [2.45, 2.75) is 33.4 Å². The summed E-state index contributed by atoms with van der Waals surface area (Å²) in [5.41, 5.74) is 2.84. The Balaban J connectivity index is 1.49. The van der Waals surface area contributed by atoms with E-state index in [1.54, 1.807) is 4.90 Å². The minimum Gasteiger partial charge on any atom is -0.493 e. The molecule has 6 nitrogen and oxygen atoms in total. The third kappa shape index (κ3) is 4.20. The number of carbonyl (C=O) groups is 1. The molecule has 1 aliphatic heterocycles. The molecule has 2 heterocycles. The fourth-order valence-electron chi connectivity index (χ4n) is 2.94. The Morgan fingerprint density at radius 1 is 1.40 bits per heavy atom. The summed E-state index contributed by atoms with van der Waals surface area (Å²) in [7, 11) is 1.82. The van der Waals surface area contributed by atoms with Gasteiger partial charge in [0, 0.05) is 32.9 Å². The van der Waals surface area contributed by atoms with Gasteiger partial charge in [0.2, 0.25) is 0 Å². The molecule has 1 aliphatic rings. The number of nitrogens with one attached hydrogen (secondary N) is 1. The largest absolute Gasteiger partial charge is 0.493 e. The number of aryl methyl sites for hydroxylation is 2. The van der Waals surface area contributed by atoms with E-state index in [1.165, 1.54) is 5.56 Å². The molecule has 0 saturated carbocycles. The number of amides is 1. The Labute approximate surface area is 148 Å². The maximum Gasteiger partial charge on any atom is 0.273 e. The number of benzene rings is 1. The summed E-state index contributed by atoms with van der Waals surface area (Å²) < 4.78 is 7.91. The standard InChI is InChI=1S/C19H26N4O2/c1-14-5-6-15(2)17(11-14)25-10-4-8-22(3)19(24)16-13-23-9-7-20-12-18(23)21-16/h5-6,11,13,20H,4,7-10,12H2,1-3H3. The maximum atomic E-state index is 12.5. The van der Waals surface area contributed by atoms with E-state index in [-0.39, 0.29) is 5.91 Å². The molecule has 1 amide bonds. The number of carbonyl (C=O) groups excluding carboxylic acids is 1. The van der Waals surface area contributed by atoms with Crippen molar-refractivity contribution in [2.24, 2.45) is 0 Å². The molecule has 0 radical (unpaired) electrons. The van der Waals surface area contributed by atoms with E-state index in [4.69, 9.17) is 4.74 Å². The summed E-state index contributed by atoms with van der Waals surface area (Å²) >= 11 is 0. The summed E-state index contributed by atoms with van der Waals surface area (Å²) in [6, 6.07) is 6.19. The fraction of sp³-hybridized carbons (Fsp3) is 0.474. The van der Waals surface area contributed by atoms with Crippen molar-refractivity contribution in [3.63, 3.8) is 0 Å². The molecule has 0 spiro atoms. The van der Waals surface area contributed by atoms with E-state index in [9.17, 15) is 4.79 Å². The molecule has 0 atom stereocenters. The lowest BCUT2D eigenvalue weighted by Crippen LogP contribution is -2.29. The van der Waals surface area contributed by atoms with Crippen LogP contribution in [0.5, 0.6) is 5.75 Å². The lowest BCUT2D eigenvalue weighted by atomic mass is 10.1. The molecule has 1 aromatic carbocycles. The van der Waals surface area contributed by atoms with Gasteiger partial charge in [-0.2, -0.15) is 0 Å². The van der Waals surface area contributed by atoms with Gasteiger partial charge in [0.05, 0.1) is 13.2 Å². The summed E-state index contributed by atoms with van der Waals surface area (Å²) in [5, 5.41) is 3.26. The average molecular weight is 342 g/mol. The van der Waals surface area contributed by atoms with E-state index in [0.29, 0.717) is 18.8 Å². The molecule has 0 unspecified atom stereocenters. The van der Waals surface area contributed by atoms with Gasteiger partial charge in [0.1, 0.15) is 17.3 Å². The molecule has 3 rings (SSSR count). The lowest BCUT2D eigenvalue weighted by molar-refractivity contribution is 0.0782. The molecular weight excluding hydrogens is 316 g/mol. The van der Waals surface area contributed by atoms with Crippen molar-refractivity contribution in [3.05, 3.63) is 47.0 Å². The van der Waals surface area contributed by atoms with Crippen molar-refractivity contribution in [2.75, 3.05) is 26.7 Å². The minimum absolute atomic E-state index is 0.0337. The van der Waals surface area contributed by atoms with E-state index in [2.05, 4.69) is 33.9 Å². The number of nitrogens with zero attached hydrogens (tertiary/aromatic N) is 3. The van der Waals surface area contributed by atoms with Crippen LogP contribution in [0, 0.1) is 13.8 Å². The zero-order valence-electron chi connectivity index (χ0n) is 15.2. The average Bonchev–Trinajstić information content (AvgIpc) is 3.04. The number of fused-ring (bicyclic) bond motifs is 1. The third-order valence-electron chi connectivity index (χ3n) is 4.48. The van der Waals surface area contributed by atoms with Crippen LogP contribution in [0.25, 0.3) is 0 Å². The quantitative estimate of drug-likeness (QED) is 0.817. The molecule has 25 heavy (non-hydrogen) atoms. The van der Waals surface area contributed by atoms with Crippen molar-refractivity contribution >= 4 is 5.91 Å². The van der Waals surface area contributed by atoms with Crippen molar-refractivity contribution in [3.8, 4) is 5.75 Å². The van der Waals surface area contributed by atoms with Gasteiger partial charge >= 0.3 is 0 Å². The maximum absolute atomic E-state index is 12.5. The first-order valence-electron chi connectivity index (χ1n) is 8.77. The number of ether oxygens (including phenoxy) is 1. The van der Waals surface area contributed by atoms with Gasteiger partial charge in [0.15, 0.2) is 0 Å². The smallest absolute Gasteiger partial charge is 0.273 e. The molecule has 134 valence electrons. The highest BCUT2D eigenvalue weighted by molar-refractivity contribution is 5.92. The first-order valence-corrected chi connectivity index (χ1v) is 8.77. The monoisotopic (exact) mass is 342 g/mol. The number of imidazole rings is 1. The van der Waals surface area contributed by atoms with Crippen LogP contribution in [0.4, 0.5) is 0 Å². The van der Waals surface area contributed by atoms with Crippen LogP contribution in [-0.4, -0.2) is 47.1 Å². The van der Waals surface area contributed by atoms with E-state index in [0.717, 1.165) is 43.2 Å². The highest BCUT2D eigenvalue weighted by atomic mass is 16.5. The fourth-order valence-corrected chi connectivity index (χ4v) is 2.94. The highest BCUT2D eigenvalue weighted by Gasteiger charge is 2.19. The molecule has 2 aromatic rings. The van der Waals surface area contributed by atoms with E-state index >= 15 is 0 Å². The Morgan fingerprint density at radius 2 is 2.24 bits per heavy atom. The molecule has 1 aromatic heterocycles. The third-order valence-corrected chi connectivity index (χ3v) is 4.48. The molecule has 0 bridgehead atoms. The van der Waals surface area contributed by atoms with Crippen LogP contribution in [0.3, 0.4) is 0 Å². The van der Waals surface area contributed by atoms with E-state index in [1.807, 2.05) is 26.2 Å². The van der Waals surface area contributed by atoms with Crippen LogP contribution in [0.15, 0.2) is 24.4 Å². The van der Waals surface area contributed by atoms with Gasteiger partial charge < -0.3 is 19.5 Å². The van der Waals surface area contributed by atoms with Gasteiger partial charge in [0.25, 0.3) is 5.91 Å². The molecule has 6 heteroatoms. The zero-order valence-corrected chi connectivity index (χ0v) is 15.2. The lowest BCUT2D eigenvalue weighted by Gasteiger charge is -2.16. The summed E-state index contributed by atoms with van der Waals surface area (Å²) in [6.07, 6.45) is 2.65. The molecular formula is C19H26N4O2. The molecule has 1 N–H and O–H groups in total. The number of hydrogen-bond acceptors (Lipinski definition) is 4. The number of rotatable bonds is 6. The van der Waals surface area contributed by atoms with Gasteiger partial charge in [-0.05, 0) is 37.5 Å². The van der Waals surface area contributed by atoms with Crippen LogP contribution in [0.1, 0.15) is 33.9 Å². The first-order chi connectivity index (χ1) is 12.0. The topological polar surface area (TPSA) is 59.4 Å². The highest BCUT2D eigenvalue weighted by Crippen LogP contribution is 2.19. The summed E-state index contributed by atoms with van der Waals surface area (Å²) in [4.78, 5) is 18.7. The Hall–Kier alpha value is -2.34. The number of hydrogen-bond donors (Lipinski definition) is 1. The second-order valence-corrected chi connectivity index (χ2v) is 6.61. The predicted molar refractivity (Wildman–Crippen MR) is 96.9 cm³/mol. The van der Waals surface area contributed by atoms with Crippen molar-refractivity contribution in [1.29, 1.82) is 0 Å². The van der Waals surface area contributed by atoms with Gasteiger partial charge in [-0.3, -0.25) is 4.79 Å².